The Morgan fingerprint density at radius 2 is 2.25 bits per heavy atom. The van der Waals surface area contributed by atoms with Crippen LogP contribution < -0.4 is 16.2 Å². The molecule has 1 saturated heterocycles. The molecule has 2 rings (SSSR count). The molecule has 1 aliphatic rings. The molecule has 2 heterocycles. The summed E-state index contributed by atoms with van der Waals surface area (Å²) < 4.78 is 5.26. The minimum Gasteiger partial charge on any atom is -0.378 e. The van der Waals surface area contributed by atoms with Crippen LogP contribution in [0.25, 0.3) is 0 Å². The number of ether oxygens (including phenoxy) is 1. The standard InChI is InChI=1S/C10H14N4O2/c11-13-10(15)9-8(2-1-3-12-9)14-4-6-16-7-5-14/h1-3H,4-7,11H2,(H,13,15). The Morgan fingerprint density at radius 3 is 2.94 bits per heavy atom. The first-order chi connectivity index (χ1) is 7.83. The van der Waals surface area contributed by atoms with Gasteiger partial charge in [0.1, 0.15) is 0 Å². The predicted octanol–water partition coefficient (Wildman–Crippen LogP) is -0.478. The highest BCUT2D eigenvalue weighted by Gasteiger charge is 2.18. The van der Waals surface area contributed by atoms with Gasteiger partial charge in [0, 0.05) is 19.3 Å². The van der Waals surface area contributed by atoms with Gasteiger partial charge in [-0.3, -0.25) is 10.2 Å². The number of hydrogen-bond donors (Lipinski definition) is 2. The number of amides is 1. The molecule has 6 heteroatoms. The summed E-state index contributed by atoms with van der Waals surface area (Å²) in [7, 11) is 0. The summed E-state index contributed by atoms with van der Waals surface area (Å²) in [6.07, 6.45) is 1.58. The summed E-state index contributed by atoms with van der Waals surface area (Å²) in [6.45, 7) is 2.85. The first-order valence-electron chi connectivity index (χ1n) is 5.11. The van der Waals surface area contributed by atoms with Crippen LogP contribution in [0.3, 0.4) is 0 Å². The van der Waals surface area contributed by atoms with Gasteiger partial charge in [-0.15, -0.1) is 0 Å². The molecule has 0 atom stereocenters. The van der Waals surface area contributed by atoms with Crippen molar-refractivity contribution in [1.82, 2.24) is 10.4 Å². The van der Waals surface area contributed by atoms with Crippen LogP contribution >= 0.6 is 0 Å². The van der Waals surface area contributed by atoms with E-state index in [1.165, 1.54) is 0 Å². The smallest absolute Gasteiger partial charge is 0.285 e. The second kappa shape index (κ2) is 4.91. The van der Waals surface area contributed by atoms with E-state index < -0.39 is 0 Å². The molecule has 1 fully saturated rings. The highest BCUT2D eigenvalue weighted by atomic mass is 16.5. The van der Waals surface area contributed by atoms with Gasteiger partial charge in [-0.2, -0.15) is 0 Å². The summed E-state index contributed by atoms with van der Waals surface area (Å²) in [5.74, 6) is 4.75. The molecule has 0 aliphatic carbocycles. The third-order valence-corrected chi connectivity index (χ3v) is 2.48. The van der Waals surface area contributed by atoms with E-state index in [-0.39, 0.29) is 5.91 Å². The van der Waals surface area contributed by atoms with Crippen LogP contribution in [-0.2, 0) is 4.74 Å². The number of hydrogen-bond acceptors (Lipinski definition) is 5. The number of hydrazine groups is 1. The zero-order valence-corrected chi connectivity index (χ0v) is 8.85. The number of pyridine rings is 1. The van der Waals surface area contributed by atoms with E-state index in [2.05, 4.69) is 15.3 Å². The van der Waals surface area contributed by atoms with Gasteiger partial charge in [0.05, 0.1) is 18.9 Å². The number of carbonyl (C=O) groups excluding carboxylic acids is 1. The van der Waals surface area contributed by atoms with Gasteiger partial charge in [0.25, 0.3) is 5.91 Å². The van der Waals surface area contributed by atoms with Crippen LogP contribution in [0.5, 0.6) is 0 Å². The highest BCUT2D eigenvalue weighted by molar-refractivity contribution is 5.97. The average molecular weight is 222 g/mol. The van der Waals surface area contributed by atoms with Crippen LogP contribution in [0.15, 0.2) is 18.3 Å². The first kappa shape index (κ1) is 10.8. The second-order valence-corrected chi connectivity index (χ2v) is 3.44. The Balaban J connectivity index is 2.28. The number of nitrogens with two attached hydrogens (primary N) is 1. The van der Waals surface area contributed by atoms with Crippen molar-refractivity contribution in [1.29, 1.82) is 0 Å². The van der Waals surface area contributed by atoms with Crippen molar-refractivity contribution in [2.45, 2.75) is 0 Å². The first-order valence-corrected chi connectivity index (χ1v) is 5.11. The average Bonchev–Trinajstić information content (AvgIpc) is 2.39. The van der Waals surface area contributed by atoms with Crippen LogP contribution in [-0.4, -0.2) is 37.2 Å². The Bertz CT molecular complexity index is 377. The molecule has 3 N–H and O–H groups in total. The zero-order valence-electron chi connectivity index (χ0n) is 8.85. The van der Waals surface area contributed by atoms with Crippen molar-refractivity contribution in [2.75, 3.05) is 31.2 Å². The fourth-order valence-corrected chi connectivity index (χ4v) is 1.70. The van der Waals surface area contributed by atoms with Gasteiger partial charge in [0.15, 0.2) is 5.69 Å². The van der Waals surface area contributed by atoms with Gasteiger partial charge in [0.2, 0.25) is 0 Å². The van der Waals surface area contributed by atoms with Gasteiger partial charge < -0.3 is 9.64 Å². The largest absolute Gasteiger partial charge is 0.378 e. The third-order valence-electron chi connectivity index (χ3n) is 2.48. The van der Waals surface area contributed by atoms with Gasteiger partial charge in [-0.1, -0.05) is 0 Å². The molecule has 1 amide bonds. The van der Waals surface area contributed by atoms with Crippen molar-refractivity contribution in [3.63, 3.8) is 0 Å². The summed E-state index contributed by atoms with van der Waals surface area (Å²) in [5.41, 5.74) is 3.25. The fraction of sp³-hybridized carbons (Fsp3) is 0.400. The molecule has 0 aromatic carbocycles. The Hall–Kier alpha value is -1.66. The summed E-state index contributed by atoms with van der Waals surface area (Å²) in [4.78, 5) is 17.6. The molecule has 0 spiro atoms. The molecule has 0 unspecified atom stereocenters. The van der Waals surface area contributed by atoms with E-state index in [0.29, 0.717) is 18.9 Å². The summed E-state index contributed by atoms with van der Waals surface area (Å²) >= 11 is 0. The third kappa shape index (κ3) is 2.12. The number of nitrogens with one attached hydrogen (secondary N) is 1. The van der Waals surface area contributed by atoms with Gasteiger partial charge >= 0.3 is 0 Å². The topological polar surface area (TPSA) is 80.5 Å². The Labute approximate surface area is 93.4 Å². The molecule has 16 heavy (non-hydrogen) atoms. The summed E-state index contributed by atoms with van der Waals surface area (Å²) in [6, 6.07) is 3.67. The second-order valence-electron chi connectivity index (χ2n) is 3.44. The lowest BCUT2D eigenvalue weighted by molar-refractivity contribution is 0.0947. The molecule has 1 aromatic heterocycles. The molecular weight excluding hydrogens is 208 g/mol. The number of aromatic nitrogens is 1. The molecule has 0 radical (unpaired) electrons. The Kier molecular flexibility index (Phi) is 3.33. The van der Waals surface area contributed by atoms with E-state index >= 15 is 0 Å². The number of morpholine rings is 1. The lowest BCUT2D eigenvalue weighted by Crippen LogP contribution is -2.39. The SMILES string of the molecule is NNC(=O)c1ncccc1N1CCOCC1. The van der Waals surface area contributed by atoms with Crippen molar-refractivity contribution >= 4 is 11.6 Å². The Morgan fingerprint density at radius 1 is 1.50 bits per heavy atom. The lowest BCUT2D eigenvalue weighted by Gasteiger charge is -2.29. The van der Waals surface area contributed by atoms with Crippen LogP contribution in [0.1, 0.15) is 10.5 Å². The molecule has 6 nitrogen and oxygen atoms in total. The van der Waals surface area contributed by atoms with E-state index in [9.17, 15) is 4.79 Å². The minimum atomic E-state index is -0.373. The molecule has 1 aliphatic heterocycles. The van der Waals surface area contributed by atoms with Gasteiger partial charge in [-0.05, 0) is 12.1 Å². The minimum absolute atomic E-state index is 0.354. The van der Waals surface area contributed by atoms with E-state index in [1.54, 1.807) is 12.3 Å². The molecule has 1 aromatic rings. The molecule has 86 valence electrons. The predicted molar refractivity (Wildman–Crippen MR) is 58.9 cm³/mol. The fourth-order valence-electron chi connectivity index (χ4n) is 1.70. The number of carbonyl (C=O) groups is 1. The molecule has 0 bridgehead atoms. The maximum atomic E-state index is 11.5. The van der Waals surface area contributed by atoms with Crippen LogP contribution in [0.4, 0.5) is 5.69 Å². The monoisotopic (exact) mass is 222 g/mol. The number of nitrogen functional groups attached to an aromatic ring is 1. The zero-order chi connectivity index (χ0) is 11.4. The van der Waals surface area contributed by atoms with Crippen LogP contribution in [0.2, 0.25) is 0 Å². The van der Waals surface area contributed by atoms with E-state index in [1.807, 2.05) is 6.07 Å². The number of rotatable bonds is 2. The van der Waals surface area contributed by atoms with E-state index in [0.717, 1.165) is 18.8 Å². The normalized spacial score (nSPS) is 15.9. The van der Waals surface area contributed by atoms with Crippen molar-refractivity contribution < 1.29 is 9.53 Å². The quantitative estimate of drug-likeness (QED) is 0.401. The van der Waals surface area contributed by atoms with Crippen molar-refractivity contribution in [2.24, 2.45) is 5.84 Å². The maximum Gasteiger partial charge on any atom is 0.285 e. The van der Waals surface area contributed by atoms with Crippen molar-refractivity contribution in [3.05, 3.63) is 24.0 Å². The maximum absolute atomic E-state index is 11.5. The van der Waals surface area contributed by atoms with Gasteiger partial charge in [-0.25, -0.2) is 10.8 Å². The molecular formula is C10H14N4O2. The van der Waals surface area contributed by atoms with E-state index in [4.69, 9.17) is 10.6 Å². The number of anilines is 1. The molecule has 0 saturated carbocycles. The lowest BCUT2D eigenvalue weighted by atomic mass is 10.2. The van der Waals surface area contributed by atoms with Crippen molar-refractivity contribution in [3.8, 4) is 0 Å². The number of nitrogens with zero attached hydrogens (tertiary/aromatic N) is 2. The summed E-state index contributed by atoms with van der Waals surface area (Å²) in [5, 5.41) is 0. The van der Waals surface area contributed by atoms with Crippen LogP contribution in [0, 0.1) is 0 Å². The highest BCUT2D eigenvalue weighted by Crippen LogP contribution is 2.19.